The molecular formula is C16H20N8OsP2. The van der Waals surface area contributed by atoms with E-state index in [0.29, 0.717) is 23.3 Å². The van der Waals surface area contributed by atoms with Crippen LogP contribution in [0.1, 0.15) is 11.6 Å². The largest absolute Gasteiger partial charge is 2.00 e. The second-order valence-corrected chi connectivity index (χ2v) is 4.80. The molecule has 0 saturated heterocycles. The SMILES string of the molecule is Cc1n[n-]c(-c2ccccn2)n1.Cc1n[n-]c(-c2ccccn2)n1.P.P.[Os+2]. The van der Waals surface area contributed by atoms with Crippen molar-refractivity contribution in [2.24, 2.45) is 0 Å². The monoisotopic (exact) mass is 578 g/mol. The standard InChI is InChI=1S/2C8H7N4.Os.2H3P/c2*1-6-10-8(12-11-6)7-4-2-3-5-9-7;;;/h2*2-5H,1H3;;2*1H3/q2*-1;+2;;. The molecule has 0 amide bonds. The maximum Gasteiger partial charge on any atom is 2.00 e. The predicted molar refractivity (Wildman–Crippen MR) is 109 cm³/mol. The molecule has 11 heteroatoms. The number of hydrogen-bond acceptors (Lipinski definition) is 6. The minimum atomic E-state index is 0. The summed E-state index contributed by atoms with van der Waals surface area (Å²) in [5, 5.41) is 15.3. The first kappa shape index (κ1) is 25.1. The molecule has 2 unspecified atom stereocenters. The maximum absolute atomic E-state index is 4.10. The van der Waals surface area contributed by atoms with Crippen molar-refractivity contribution in [1.29, 1.82) is 0 Å². The molecule has 0 saturated carbocycles. The minimum absolute atomic E-state index is 0. The number of rotatable bonds is 2. The first-order valence-electron chi connectivity index (χ1n) is 7.23. The average Bonchev–Trinajstić information content (AvgIpc) is 3.26. The van der Waals surface area contributed by atoms with Crippen LogP contribution in [0.4, 0.5) is 0 Å². The van der Waals surface area contributed by atoms with Gasteiger partial charge < -0.3 is 20.2 Å². The topological polar surface area (TPSA) is 106 Å². The molecular weight excluding hydrogens is 556 g/mol. The summed E-state index contributed by atoms with van der Waals surface area (Å²) in [4.78, 5) is 16.4. The van der Waals surface area contributed by atoms with Crippen LogP contribution < -0.4 is 10.2 Å². The predicted octanol–water partition coefficient (Wildman–Crippen LogP) is 1.72. The molecule has 4 aromatic heterocycles. The Kier molecular flexibility index (Phi) is 11.6. The molecule has 8 nitrogen and oxygen atoms in total. The number of aryl methyl sites for hydroxylation is 2. The van der Waals surface area contributed by atoms with Gasteiger partial charge in [0.25, 0.3) is 0 Å². The van der Waals surface area contributed by atoms with E-state index in [1.165, 1.54) is 0 Å². The Bertz CT molecular complexity index is 823. The van der Waals surface area contributed by atoms with E-state index in [1.54, 1.807) is 26.2 Å². The Labute approximate surface area is 177 Å². The first-order valence-corrected chi connectivity index (χ1v) is 7.23. The van der Waals surface area contributed by atoms with Crippen LogP contribution in [-0.4, -0.2) is 30.1 Å². The summed E-state index contributed by atoms with van der Waals surface area (Å²) in [6.07, 6.45) is 3.42. The normalized spacial score (nSPS) is 8.96. The van der Waals surface area contributed by atoms with E-state index in [-0.39, 0.29) is 39.6 Å². The molecule has 0 N–H and O–H groups in total. The third kappa shape index (κ3) is 7.31. The van der Waals surface area contributed by atoms with Gasteiger partial charge in [-0.2, -0.15) is 19.8 Å². The van der Waals surface area contributed by atoms with E-state index in [1.807, 2.05) is 36.4 Å². The molecule has 142 valence electrons. The minimum Gasteiger partial charge on any atom is -0.421 e. The summed E-state index contributed by atoms with van der Waals surface area (Å²) >= 11 is 0. The maximum atomic E-state index is 4.10. The molecule has 4 aromatic rings. The van der Waals surface area contributed by atoms with E-state index in [9.17, 15) is 0 Å². The molecule has 27 heavy (non-hydrogen) atoms. The van der Waals surface area contributed by atoms with Gasteiger partial charge in [0, 0.05) is 24.0 Å². The molecule has 0 bridgehead atoms. The Morgan fingerprint density at radius 2 is 1.07 bits per heavy atom. The van der Waals surface area contributed by atoms with Gasteiger partial charge in [0.15, 0.2) is 0 Å². The van der Waals surface area contributed by atoms with E-state index in [2.05, 4.69) is 40.3 Å². The van der Waals surface area contributed by atoms with E-state index in [4.69, 9.17) is 0 Å². The summed E-state index contributed by atoms with van der Waals surface area (Å²) in [5.41, 5.74) is 1.52. The Morgan fingerprint density at radius 1 is 0.667 bits per heavy atom. The van der Waals surface area contributed by atoms with Gasteiger partial charge in [-0.15, -0.1) is 0 Å². The van der Waals surface area contributed by atoms with Crippen molar-refractivity contribution in [3.63, 3.8) is 0 Å². The van der Waals surface area contributed by atoms with Crippen LogP contribution in [0.5, 0.6) is 0 Å². The van der Waals surface area contributed by atoms with Gasteiger partial charge in [0.2, 0.25) is 0 Å². The zero-order chi connectivity index (χ0) is 16.8. The Balaban J connectivity index is 0.000000451. The quantitative estimate of drug-likeness (QED) is 0.333. The Morgan fingerprint density at radius 3 is 1.33 bits per heavy atom. The van der Waals surface area contributed by atoms with Crippen LogP contribution in [0.15, 0.2) is 48.8 Å². The summed E-state index contributed by atoms with van der Waals surface area (Å²) in [5.74, 6) is 2.53. The van der Waals surface area contributed by atoms with Crippen LogP contribution in [-0.2, 0) is 19.8 Å². The van der Waals surface area contributed by atoms with Gasteiger partial charge in [-0.3, -0.25) is 20.2 Å². The van der Waals surface area contributed by atoms with Gasteiger partial charge in [0.1, 0.15) is 0 Å². The zero-order valence-electron chi connectivity index (χ0n) is 15.0. The van der Waals surface area contributed by atoms with Crippen LogP contribution >= 0.6 is 19.8 Å². The van der Waals surface area contributed by atoms with Crippen molar-refractivity contribution in [2.75, 3.05) is 0 Å². The van der Waals surface area contributed by atoms with E-state index in [0.717, 1.165) is 11.4 Å². The molecule has 0 aliphatic heterocycles. The van der Waals surface area contributed by atoms with Crippen LogP contribution in [0.3, 0.4) is 0 Å². The molecule has 2 atom stereocenters. The van der Waals surface area contributed by atoms with Gasteiger partial charge in [0.05, 0.1) is 11.4 Å². The summed E-state index contributed by atoms with van der Waals surface area (Å²) in [6, 6.07) is 11.2. The van der Waals surface area contributed by atoms with Crippen molar-refractivity contribution in [3.8, 4) is 23.0 Å². The van der Waals surface area contributed by atoms with E-state index < -0.39 is 0 Å². The van der Waals surface area contributed by atoms with E-state index >= 15 is 0 Å². The second kappa shape index (κ2) is 12.5. The number of aromatic nitrogens is 8. The molecule has 4 heterocycles. The summed E-state index contributed by atoms with van der Waals surface area (Å²) < 4.78 is 0. The van der Waals surface area contributed by atoms with Gasteiger partial charge in [-0.25, -0.2) is 0 Å². The van der Waals surface area contributed by atoms with Gasteiger partial charge in [-0.05, 0) is 49.8 Å². The molecule has 0 aromatic carbocycles. The second-order valence-electron chi connectivity index (χ2n) is 4.80. The molecule has 0 spiro atoms. The van der Waals surface area contributed by atoms with Crippen molar-refractivity contribution in [3.05, 3.63) is 60.4 Å². The molecule has 0 aliphatic rings. The zero-order valence-corrected chi connectivity index (χ0v) is 20.3. The van der Waals surface area contributed by atoms with Gasteiger partial charge >= 0.3 is 19.8 Å². The smallest absolute Gasteiger partial charge is 0.421 e. The fraction of sp³-hybridized carbons (Fsp3) is 0.125. The third-order valence-electron chi connectivity index (χ3n) is 2.90. The van der Waals surface area contributed by atoms with Crippen molar-refractivity contribution >= 4 is 19.8 Å². The molecule has 0 fully saturated rings. The van der Waals surface area contributed by atoms with Crippen molar-refractivity contribution < 1.29 is 19.8 Å². The molecule has 0 aliphatic carbocycles. The summed E-state index contributed by atoms with van der Waals surface area (Å²) in [7, 11) is 0. The molecule has 0 radical (unpaired) electrons. The summed E-state index contributed by atoms with van der Waals surface area (Å²) in [6.45, 7) is 3.61. The fourth-order valence-electron chi connectivity index (χ4n) is 1.84. The van der Waals surface area contributed by atoms with Crippen LogP contribution in [0.2, 0.25) is 0 Å². The first-order chi connectivity index (χ1) is 11.7. The number of nitrogens with zero attached hydrogens (tertiary/aromatic N) is 8. The Hall–Kier alpha value is -1.92. The number of hydrogen-bond donors (Lipinski definition) is 0. The fourth-order valence-corrected chi connectivity index (χ4v) is 1.84. The average molecular weight is 577 g/mol. The molecule has 4 rings (SSSR count). The van der Waals surface area contributed by atoms with Crippen molar-refractivity contribution in [2.45, 2.75) is 13.8 Å². The number of pyridine rings is 2. The van der Waals surface area contributed by atoms with Gasteiger partial charge in [-0.1, -0.05) is 12.1 Å². The van der Waals surface area contributed by atoms with Crippen molar-refractivity contribution in [1.82, 2.24) is 40.3 Å². The van der Waals surface area contributed by atoms with Crippen LogP contribution in [0.25, 0.3) is 23.0 Å². The van der Waals surface area contributed by atoms with Crippen LogP contribution in [0, 0.1) is 13.8 Å². The third-order valence-corrected chi connectivity index (χ3v) is 2.90.